The summed E-state index contributed by atoms with van der Waals surface area (Å²) in [7, 11) is 0. The summed E-state index contributed by atoms with van der Waals surface area (Å²) in [6.07, 6.45) is 0. The molecule has 0 spiro atoms. The van der Waals surface area contributed by atoms with Crippen molar-refractivity contribution < 1.29 is 9.05 Å². The van der Waals surface area contributed by atoms with Gasteiger partial charge in [-0.2, -0.15) is 17.7 Å². The molecule has 0 saturated heterocycles. The van der Waals surface area contributed by atoms with E-state index in [1.54, 1.807) is 0 Å². The van der Waals surface area contributed by atoms with Crippen LogP contribution < -0.4 is 5.56 Å². The van der Waals surface area contributed by atoms with Crippen molar-refractivity contribution in [2.75, 3.05) is 13.2 Å². The first kappa shape index (κ1) is 19.4. The maximum absolute atomic E-state index is 10.8. The molecule has 0 amide bonds. The summed E-state index contributed by atoms with van der Waals surface area (Å²) in [6.45, 7) is 4.79. The zero-order valence-electron chi connectivity index (χ0n) is 10.5. The Morgan fingerprint density at radius 1 is 1.47 bits per heavy atom. The standard InChI is InChI=1S/C5H5ClN2OS.C4H11O2PS2/c6-4-1-2-5(9)8(3-10)7-4;1-3-5-7(8,9)6-4-2/h1-2,10H,3H2;3-4H2,1-2H3,(H,8,9)/p-1. The lowest BCUT2D eigenvalue weighted by molar-refractivity contribution is 0.281. The molecule has 0 aliphatic carbocycles. The quantitative estimate of drug-likeness (QED) is 0.494. The lowest BCUT2D eigenvalue weighted by atomic mass is 10.6. The molecule has 1 aromatic rings. The Morgan fingerprint density at radius 2 is 2.00 bits per heavy atom. The van der Waals surface area contributed by atoms with E-state index >= 15 is 0 Å². The van der Waals surface area contributed by atoms with E-state index < -0.39 is 5.69 Å². The molecule has 0 aliphatic heterocycles. The van der Waals surface area contributed by atoms with Gasteiger partial charge >= 0.3 is 0 Å². The van der Waals surface area contributed by atoms with E-state index in [4.69, 9.17) is 44.7 Å². The Morgan fingerprint density at radius 3 is 2.37 bits per heavy atom. The number of thiol groups is 1. The minimum atomic E-state index is -2.28. The second kappa shape index (κ2) is 10.2. The largest absolute Gasteiger partial charge is 0.691 e. The molecule has 0 aliphatic rings. The number of hydrogen-bond acceptors (Lipinski definition) is 7. The van der Waals surface area contributed by atoms with E-state index in [-0.39, 0.29) is 11.4 Å². The van der Waals surface area contributed by atoms with Gasteiger partial charge in [-0.05, 0) is 19.9 Å². The van der Waals surface area contributed by atoms with E-state index in [0.29, 0.717) is 18.4 Å². The van der Waals surface area contributed by atoms with Gasteiger partial charge in [-0.25, -0.2) is 4.68 Å². The van der Waals surface area contributed by atoms with E-state index in [9.17, 15) is 4.79 Å². The van der Waals surface area contributed by atoms with Gasteiger partial charge in [-0.3, -0.25) is 4.79 Å². The monoisotopic (exact) mass is 361 g/mol. The minimum Gasteiger partial charge on any atom is -0.691 e. The van der Waals surface area contributed by atoms with Crippen LogP contribution in [0, 0.1) is 0 Å². The zero-order valence-corrected chi connectivity index (χ0v) is 14.7. The number of hydrogen-bond donors (Lipinski definition) is 1. The second-order valence-electron chi connectivity index (χ2n) is 2.92. The van der Waals surface area contributed by atoms with Crippen molar-refractivity contribution in [1.82, 2.24) is 9.78 Å². The molecule has 1 aromatic heterocycles. The SMILES string of the molecule is CCOP(=S)([S-])OCC.O=c1ccc(Cl)nn1CS. The lowest BCUT2D eigenvalue weighted by Gasteiger charge is -2.26. The molecule has 0 atom stereocenters. The van der Waals surface area contributed by atoms with Crippen LogP contribution in [-0.2, 0) is 39.0 Å². The summed E-state index contributed by atoms with van der Waals surface area (Å²) in [5.41, 5.74) is -2.47. The average molecular weight is 362 g/mol. The Labute approximate surface area is 133 Å². The van der Waals surface area contributed by atoms with Crippen LogP contribution in [0.15, 0.2) is 16.9 Å². The molecule has 1 rings (SSSR count). The molecular formula is C9H15ClN2O3PS3-. The molecule has 1 heterocycles. The van der Waals surface area contributed by atoms with Gasteiger partial charge in [0.25, 0.3) is 5.56 Å². The number of aromatic nitrogens is 2. The van der Waals surface area contributed by atoms with Gasteiger partial charge < -0.3 is 21.3 Å². The first-order valence-corrected chi connectivity index (χ1v) is 9.97. The van der Waals surface area contributed by atoms with Crippen LogP contribution in [0.4, 0.5) is 0 Å². The number of halogens is 1. The second-order valence-corrected chi connectivity index (χ2v) is 8.58. The first-order valence-electron chi connectivity index (χ1n) is 5.31. The van der Waals surface area contributed by atoms with E-state index in [0.717, 1.165) is 0 Å². The van der Waals surface area contributed by atoms with Gasteiger partial charge in [0, 0.05) is 19.3 Å². The van der Waals surface area contributed by atoms with Crippen LogP contribution in [-0.4, -0.2) is 23.0 Å². The van der Waals surface area contributed by atoms with Crippen LogP contribution in [0.25, 0.3) is 0 Å². The fourth-order valence-corrected chi connectivity index (χ4v) is 3.21. The van der Waals surface area contributed by atoms with E-state index in [2.05, 4.69) is 17.7 Å². The summed E-state index contributed by atoms with van der Waals surface area (Å²) in [4.78, 5) is 10.8. The molecule has 0 fully saturated rings. The van der Waals surface area contributed by atoms with Crippen molar-refractivity contribution in [3.05, 3.63) is 27.6 Å². The third-order valence-corrected chi connectivity index (χ3v) is 4.43. The highest BCUT2D eigenvalue weighted by Gasteiger charge is 1.96. The minimum absolute atomic E-state index is 0.195. The summed E-state index contributed by atoms with van der Waals surface area (Å²) < 4.78 is 11.1. The van der Waals surface area contributed by atoms with Crippen LogP contribution in [0.2, 0.25) is 5.15 Å². The van der Waals surface area contributed by atoms with Gasteiger partial charge in [0.05, 0.1) is 11.6 Å². The van der Waals surface area contributed by atoms with Crippen LogP contribution in [0.5, 0.6) is 0 Å². The normalized spacial score (nSPS) is 10.8. The summed E-state index contributed by atoms with van der Waals surface area (Å²) in [5.74, 6) is 0.249. The summed E-state index contributed by atoms with van der Waals surface area (Å²) in [5, 5.41) is 3.98. The van der Waals surface area contributed by atoms with Crippen molar-refractivity contribution >= 4 is 54.0 Å². The van der Waals surface area contributed by atoms with Crippen LogP contribution >= 0.6 is 29.9 Å². The highest BCUT2D eigenvalue weighted by atomic mass is 35.5. The fourth-order valence-electron chi connectivity index (χ4n) is 0.879. The zero-order chi connectivity index (χ0) is 14.9. The molecule has 110 valence electrons. The summed E-state index contributed by atoms with van der Waals surface area (Å²) >= 11 is 19.0. The maximum atomic E-state index is 10.8. The number of nitrogens with zero attached hydrogens (tertiary/aromatic N) is 2. The highest BCUT2D eigenvalue weighted by molar-refractivity contribution is 8.51. The Kier molecular flexibility index (Phi) is 10.4. The van der Waals surface area contributed by atoms with Crippen molar-refractivity contribution in [2.45, 2.75) is 19.7 Å². The van der Waals surface area contributed by atoms with Crippen molar-refractivity contribution in [1.29, 1.82) is 0 Å². The smallest absolute Gasteiger partial charge is 0.267 e. The van der Waals surface area contributed by atoms with E-state index in [1.807, 2.05) is 13.8 Å². The number of rotatable bonds is 5. The molecule has 0 radical (unpaired) electrons. The molecule has 0 N–H and O–H groups in total. The van der Waals surface area contributed by atoms with Gasteiger partial charge in [0.2, 0.25) is 0 Å². The van der Waals surface area contributed by atoms with Crippen LogP contribution in [0.1, 0.15) is 13.8 Å². The predicted molar refractivity (Wildman–Crippen MR) is 87.4 cm³/mol. The van der Waals surface area contributed by atoms with Crippen LogP contribution in [0.3, 0.4) is 0 Å². The highest BCUT2D eigenvalue weighted by Crippen LogP contribution is 2.45. The van der Waals surface area contributed by atoms with Crippen molar-refractivity contribution in [3.8, 4) is 0 Å². The topological polar surface area (TPSA) is 53.4 Å². The van der Waals surface area contributed by atoms with E-state index in [1.165, 1.54) is 16.8 Å². The molecule has 19 heavy (non-hydrogen) atoms. The van der Waals surface area contributed by atoms with Crippen molar-refractivity contribution in [2.24, 2.45) is 0 Å². The Bertz CT molecular complexity index is 476. The van der Waals surface area contributed by atoms with Gasteiger partial charge in [-0.1, -0.05) is 23.4 Å². The van der Waals surface area contributed by atoms with Gasteiger partial charge in [0.1, 0.15) is 5.15 Å². The Balaban J connectivity index is 0.000000344. The molecular weight excluding hydrogens is 347 g/mol. The molecule has 0 bridgehead atoms. The Hall–Kier alpha value is 0.440. The predicted octanol–water partition coefficient (Wildman–Crippen LogP) is 2.61. The maximum Gasteiger partial charge on any atom is 0.267 e. The third-order valence-electron chi connectivity index (χ3n) is 1.54. The molecule has 5 nitrogen and oxygen atoms in total. The average Bonchev–Trinajstić information content (AvgIpc) is 2.33. The molecule has 0 saturated carbocycles. The lowest BCUT2D eigenvalue weighted by Crippen LogP contribution is -2.19. The summed E-state index contributed by atoms with van der Waals surface area (Å²) in [6, 6.07) is 2.80. The van der Waals surface area contributed by atoms with Crippen molar-refractivity contribution in [3.63, 3.8) is 0 Å². The third kappa shape index (κ3) is 9.07. The molecule has 0 unspecified atom stereocenters. The first-order chi connectivity index (χ1) is 8.86. The fraction of sp³-hybridized carbons (Fsp3) is 0.556. The molecule has 0 aromatic carbocycles. The molecule has 10 heteroatoms. The van der Waals surface area contributed by atoms with Gasteiger partial charge in [0.15, 0.2) is 0 Å². The van der Waals surface area contributed by atoms with Gasteiger partial charge in [-0.15, -0.1) is 0 Å².